The minimum atomic E-state index is 0. The van der Waals surface area contributed by atoms with E-state index in [1.807, 2.05) is 11.3 Å². The van der Waals surface area contributed by atoms with Gasteiger partial charge >= 0.3 is 0 Å². The molecule has 3 heteroatoms. The van der Waals surface area contributed by atoms with Crippen LogP contribution in [0.4, 0.5) is 0 Å². The molecule has 1 aromatic heterocycles. The lowest BCUT2D eigenvalue weighted by molar-refractivity contribution is -0.683. The van der Waals surface area contributed by atoms with Gasteiger partial charge in [0.2, 0.25) is 10.7 Å². The van der Waals surface area contributed by atoms with Crippen LogP contribution in [0.3, 0.4) is 0 Å². The van der Waals surface area contributed by atoms with Crippen LogP contribution in [0.15, 0.2) is 35.7 Å². The fourth-order valence-corrected chi connectivity index (χ4v) is 2.56. The minimum absolute atomic E-state index is 0. The molecule has 0 aliphatic carbocycles. The van der Waals surface area contributed by atoms with E-state index in [2.05, 4.69) is 54.1 Å². The topological polar surface area (TPSA) is 3.88 Å². The third-order valence-corrected chi connectivity index (χ3v) is 3.30. The predicted octanol–water partition coefficient (Wildman–Crippen LogP) is 0.0349. The molecule has 0 amide bonds. The molecule has 0 saturated heterocycles. The molecule has 2 rings (SSSR count). The largest absolute Gasteiger partial charge is 1.00 e. The molecule has 0 saturated carbocycles. The lowest BCUT2D eigenvalue weighted by atomic mass is 10.2. The van der Waals surface area contributed by atoms with Crippen LogP contribution in [0, 0.1) is 6.92 Å². The van der Waals surface area contributed by atoms with Crippen molar-refractivity contribution in [2.75, 3.05) is 0 Å². The van der Waals surface area contributed by atoms with E-state index >= 15 is 0 Å². The Morgan fingerprint density at radius 2 is 1.87 bits per heavy atom. The monoisotopic (exact) mass is 331 g/mol. The summed E-state index contributed by atoms with van der Waals surface area (Å²) in [5.41, 5.74) is 2.63. The molecule has 0 aliphatic heterocycles. The summed E-state index contributed by atoms with van der Waals surface area (Å²) in [4.78, 5) is 0. The van der Waals surface area contributed by atoms with Gasteiger partial charge in [-0.15, -0.1) is 0 Å². The summed E-state index contributed by atoms with van der Waals surface area (Å²) in [6.45, 7) is 5.40. The van der Waals surface area contributed by atoms with Gasteiger partial charge in [-0.05, 0) is 19.1 Å². The molecular formula is C12H14INS. The molecule has 0 radical (unpaired) electrons. The van der Waals surface area contributed by atoms with Crippen molar-refractivity contribution in [2.45, 2.75) is 20.4 Å². The second-order valence-electron chi connectivity index (χ2n) is 3.25. The number of thiazole rings is 1. The molecule has 2 aromatic rings. The van der Waals surface area contributed by atoms with Crippen LogP contribution in [0.5, 0.6) is 0 Å². The highest BCUT2D eigenvalue weighted by atomic mass is 127. The lowest BCUT2D eigenvalue weighted by Gasteiger charge is -1.96. The SMILES string of the molecule is CC[n+]1c(-c2ccccc2)csc1C.[I-]. The molecule has 0 spiro atoms. The van der Waals surface area contributed by atoms with Crippen molar-refractivity contribution in [1.82, 2.24) is 0 Å². The number of aromatic nitrogens is 1. The Hall–Kier alpha value is -0.420. The van der Waals surface area contributed by atoms with Gasteiger partial charge in [0.25, 0.3) is 0 Å². The average Bonchev–Trinajstić information content (AvgIpc) is 2.61. The fraction of sp³-hybridized carbons (Fsp3) is 0.250. The zero-order valence-electron chi connectivity index (χ0n) is 8.90. The van der Waals surface area contributed by atoms with Crippen molar-refractivity contribution in [3.05, 3.63) is 40.7 Å². The van der Waals surface area contributed by atoms with Crippen molar-refractivity contribution in [3.8, 4) is 11.3 Å². The Morgan fingerprint density at radius 1 is 1.20 bits per heavy atom. The second kappa shape index (κ2) is 5.61. The fourth-order valence-electron chi connectivity index (χ4n) is 1.66. The quantitative estimate of drug-likeness (QED) is 0.540. The molecule has 1 heterocycles. The van der Waals surface area contributed by atoms with E-state index < -0.39 is 0 Å². The Labute approximate surface area is 112 Å². The molecule has 0 N–H and O–H groups in total. The van der Waals surface area contributed by atoms with Crippen LogP contribution in [0.2, 0.25) is 0 Å². The van der Waals surface area contributed by atoms with Gasteiger partial charge in [0.05, 0.1) is 5.38 Å². The van der Waals surface area contributed by atoms with Gasteiger partial charge in [-0.25, -0.2) is 0 Å². The summed E-state index contributed by atoms with van der Waals surface area (Å²) >= 11 is 1.81. The highest BCUT2D eigenvalue weighted by Crippen LogP contribution is 2.19. The third kappa shape index (κ3) is 2.58. The Morgan fingerprint density at radius 3 is 2.47 bits per heavy atom. The van der Waals surface area contributed by atoms with Gasteiger partial charge in [-0.2, -0.15) is 4.57 Å². The van der Waals surface area contributed by atoms with E-state index in [4.69, 9.17) is 0 Å². The summed E-state index contributed by atoms with van der Waals surface area (Å²) in [6.07, 6.45) is 0. The number of rotatable bonds is 2. The first-order valence-electron chi connectivity index (χ1n) is 4.86. The lowest BCUT2D eigenvalue weighted by Crippen LogP contribution is -3.00. The summed E-state index contributed by atoms with van der Waals surface area (Å²) in [5.74, 6) is 0. The highest BCUT2D eigenvalue weighted by Gasteiger charge is 2.15. The number of halogens is 1. The maximum absolute atomic E-state index is 2.35. The number of nitrogens with zero attached hydrogens (tertiary/aromatic N) is 1. The van der Waals surface area contributed by atoms with Gasteiger partial charge in [0.15, 0.2) is 0 Å². The molecule has 0 aliphatic rings. The molecule has 1 aromatic carbocycles. The summed E-state index contributed by atoms with van der Waals surface area (Å²) < 4.78 is 2.35. The molecule has 15 heavy (non-hydrogen) atoms. The predicted molar refractivity (Wildman–Crippen MR) is 60.4 cm³/mol. The zero-order chi connectivity index (χ0) is 9.97. The smallest absolute Gasteiger partial charge is 0.234 e. The highest BCUT2D eigenvalue weighted by molar-refractivity contribution is 7.09. The first kappa shape index (κ1) is 12.6. The summed E-state index contributed by atoms with van der Waals surface area (Å²) in [5, 5.41) is 3.60. The van der Waals surface area contributed by atoms with Gasteiger partial charge in [0, 0.05) is 12.5 Å². The van der Waals surface area contributed by atoms with E-state index in [9.17, 15) is 0 Å². The molecule has 1 nitrogen and oxygen atoms in total. The molecule has 0 fully saturated rings. The number of hydrogen-bond acceptors (Lipinski definition) is 1. The number of aryl methyl sites for hydroxylation is 1. The Balaban J connectivity index is 0.00000112. The van der Waals surface area contributed by atoms with Crippen molar-refractivity contribution in [2.24, 2.45) is 0 Å². The maximum Gasteiger partial charge on any atom is 0.234 e. The summed E-state index contributed by atoms with van der Waals surface area (Å²) in [6, 6.07) is 10.5. The van der Waals surface area contributed by atoms with Crippen molar-refractivity contribution in [3.63, 3.8) is 0 Å². The van der Waals surface area contributed by atoms with Crippen LogP contribution in [-0.2, 0) is 6.54 Å². The second-order valence-corrected chi connectivity index (χ2v) is 4.31. The van der Waals surface area contributed by atoms with Gasteiger partial charge in [0.1, 0.15) is 6.54 Å². The minimum Gasteiger partial charge on any atom is -1.00 e. The molecule has 80 valence electrons. The van der Waals surface area contributed by atoms with Crippen LogP contribution in [0.1, 0.15) is 11.9 Å². The number of benzene rings is 1. The maximum atomic E-state index is 2.35. The van der Waals surface area contributed by atoms with Crippen LogP contribution in [-0.4, -0.2) is 0 Å². The zero-order valence-corrected chi connectivity index (χ0v) is 11.9. The molecular weight excluding hydrogens is 317 g/mol. The van der Waals surface area contributed by atoms with Gasteiger partial charge < -0.3 is 24.0 Å². The third-order valence-electron chi connectivity index (χ3n) is 2.40. The Kier molecular flexibility index (Phi) is 4.73. The average molecular weight is 331 g/mol. The van der Waals surface area contributed by atoms with Crippen LogP contribution >= 0.6 is 11.3 Å². The van der Waals surface area contributed by atoms with E-state index in [0.29, 0.717) is 0 Å². The first-order chi connectivity index (χ1) is 6.83. The normalized spacial score (nSPS) is 9.73. The van der Waals surface area contributed by atoms with Crippen molar-refractivity contribution < 1.29 is 28.5 Å². The standard InChI is InChI=1S/C12H14NS.HI/c1-3-13-10(2)14-9-12(13)11-7-5-4-6-8-11;/h4-9H,3H2,1-2H3;1H/q+1;/p-1. The van der Waals surface area contributed by atoms with Crippen molar-refractivity contribution in [1.29, 1.82) is 0 Å². The first-order valence-corrected chi connectivity index (χ1v) is 5.74. The Bertz CT molecular complexity index is 422. The van der Waals surface area contributed by atoms with Crippen LogP contribution in [0.25, 0.3) is 11.3 Å². The van der Waals surface area contributed by atoms with Gasteiger partial charge in [-0.1, -0.05) is 29.5 Å². The van der Waals surface area contributed by atoms with Crippen molar-refractivity contribution >= 4 is 11.3 Å². The summed E-state index contributed by atoms with van der Waals surface area (Å²) in [7, 11) is 0. The molecule has 0 unspecified atom stereocenters. The van der Waals surface area contributed by atoms with E-state index in [1.54, 1.807) is 0 Å². The molecule has 0 atom stereocenters. The van der Waals surface area contributed by atoms with Crippen LogP contribution < -0.4 is 28.5 Å². The van der Waals surface area contributed by atoms with E-state index in [-0.39, 0.29) is 24.0 Å². The van der Waals surface area contributed by atoms with Gasteiger partial charge in [-0.3, -0.25) is 0 Å². The molecule has 0 bridgehead atoms. The van der Waals surface area contributed by atoms with E-state index in [1.165, 1.54) is 16.3 Å². The van der Waals surface area contributed by atoms with E-state index in [0.717, 1.165) is 6.54 Å². The number of hydrogen-bond donors (Lipinski definition) is 0.